The van der Waals surface area contributed by atoms with Gasteiger partial charge in [-0.15, -0.1) is 5.10 Å². The molecule has 0 spiro atoms. The highest BCUT2D eigenvalue weighted by Gasteiger charge is 2.43. The molecule has 28 heavy (non-hydrogen) atoms. The lowest BCUT2D eigenvalue weighted by Gasteiger charge is -2.36. The first kappa shape index (κ1) is 18.7. The van der Waals surface area contributed by atoms with E-state index in [1.165, 1.54) is 11.8 Å². The van der Waals surface area contributed by atoms with Crippen molar-refractivity contribution in [1.82, 2.24) is 14.8 Å². The number of fused-ring (bicyclic) bond motifs is 2. The zero-order valence-corrected chi connectivity index (χ0v) is 17.0. The van der Waals surface area contributed by atoms with E-state index in [0.29, 0.717) is 34.8 Å². The molecule has 148 valence electrons. The molecule has 0 saturated carbocycles. The molecule has 1 aromatic heterocycles. The predicted octanol–water partition coefficient (Wildman–Crippen LogP) is 2.90. The van der Waals surface area contributed by atoms with Crippen molar-refractivity contribution in [2.24, 2.45) is 5.92 Å². The third-order valence-electron chi connectivity index (χ3n) is 5.12. The topological polar surface area (TPSA) is 87.5 Å². The summed E-state index contributed by atoms with van der Waals surface area (Å²) in [5.41, 5.74) is 1.66. The largest absolute Gasteiger partial charge is 0.493 e. The third kappa shape index (κ3) is 2.81. The lowest BCUT2D eigenvalue weighted by molar-refractivity contribution is -0.123. The minimum absolute atomic E-state index is 0.165. The number of carbonyl (C=O) groups is 1. The van der Waals surface area contributed by atoms with Gasteiger partial charge in [0.05, 0.1) is 33.3 Å². The first-order valence-electron chi connectivity index (χ1n) is 8.92. The van der Waals surface area contributed by atoms with Gasteiger partial charge in [0.25, 0.3) is 0 Å². The van der Waals surface area contributed by atoms with E-state index >= 15 is 0 Å². The monoisotopic (exact) mass is 402 g/mol. The normalized spacial score (nSPS) is 20.6. The van der Waals surface area contributed by atoms with Crippen molar-refractivity contribution in [3.05, 3.63) is 29.5 Å². The molecule has 0 unspecified atom stereocenters. The number of aromatic nitrogens is 3. The summed E-state index contributed by atoms with van der Waals surface area (Å²) in [5, 5.41) is 8.55. The number of ketones is 1. The van der Waals surface area contributed by atoms with E-state index in [1.807, 2.05) is 18.4 Å². The van der Waals surface area contributed by atoms with Crippen molar-refractivity contribution in [2.75, 3.05) is 32.9 Å². The second-order valence-corrected chi connectivity index (χ2v) is 7.28. The summed E-state index contributed by atoms with van der Waals surface area (Å²) in [6, 6.07) is 3.33. The van der Waals surface area contributed by atoms with Crippen LogP contribution >= 0.6 is 11.8 Å². The molecule has 2 heterocycles. The number of carbonyl (C=O) groups excluding carboxylic acids is 1. The number of methoxy groups -OCH3 is 3. The molecule has 0 radical (unpaired) electrons. The van der Waals surface area contributed by atoms with Crippen molar-refractivity contribution in [1.29, 1.82) is 0 Å². The van der Waals surface area contributed by atoms with E-state index in [2.05, 4.69) is 21.5 Å². The standard InChI is InChI=1S/C19H22N4O4S/c1-25-13-9-8-10(16(26-2)17(13)27-3)15-14-11(6-5-7-12(14)24)20-18-21-19(28-4)22-23(15)18/h6,8-9,14-15H,5,7H2,1-4H3,(H,20,21,22)/t14-,15-/m1/s1. The number of benzene rings is 1. The van der Waals surface area contributed by atoms with E-state index < -0.39 is 6.04 Å². The molecule has 2 aliphatic rings. The summed E-state index contributed by atoms with van der Waals surface area (Å²) in [6.07, 6.45) is 5.21. The first-order chi connectivity index (χ1) is 13.6. The Morgan fingerprint density at radius 1 is 1.18 bits per heavy atom. The molecule has 2 aromatic rings. The van der Waals surface area contributed by atoms with Gasteiger partial charge in [0.2, 0.25) is 16.9 Å². The molecule has 0 saturated heterocycles. The van der Waals surface area contributed by atoms with Crippen LogP contribution in [-0.2, 0) is 4.79 Å². The number of ether oxygens (including phenoxy) is 3. The van der Waals surface area contributed by atoms with Crippen molar-refractivity contribution >= 4 is 23.5 Å². The Morgan fingerprint density at radius 3 is 2.64 bits per heavy atom. The molecule has 0 fully saturated rings. The zero-order valence-electron chi connectivity index (χ0n) is 16.2. The number of thioether (sulfide) groups is 1. The molecule has 8 nitrogen and oxygen atoms in total. The summed E-state index contributed by atoms with van der Waals surface area (Å²) in [6.45, 7) is 0. The summed E-state index contributed by atoms with van der Waals surface area (Å²) in [7, 11) is 4.72. The Kier molecular flexibility index (Phi) is 4.92. The van der Waals surface area contributed by atoms with Crippen molar-refractivity contribution in [3.8, 4) is 17.2 Å². The van der Waals surface area contributed by atoms with Crippen molar-refractivity contribution in [2.45, 2.75) is 24.0 Å². The number of nitrogens with zero attached hydrogens (tertiary/aromatic N) is 3. The van der Waals surface area contributed by atoms with E-state index in [4.69, 9.17) is 14.2 Å². The smallest absolute Gasteiger partial charge is 0.227 e. The maximum atomic E-state index is 12.9. The van der Waals surface area contributed by atoms with Gasteiger partial charge in [-0.2, -0.15) is 4.98 Å². The van der Waals surface area contributed by atoms with E-state index in [-0.39, 0.29) is 11.7 Å². The molecule has 0 amide bonds. The Hall–Kier alpha value is -2.68. The van der Waals surface area contributed by atoms with Crippen LogP contribution in [0.3, 0.4) is 0 Å². The van der Waals surface area contributed by atoms with Gasteiger partial charge in [-0.3, -0.25) is 4.79 Å². The van der Waals surface area contributed by atoms with Crippen LogP contribution in [0.25, 0.3) is 0 Å². The summed E-state index contributed by atoms with van der Waals surface area (Å²) < 4.78 is 18.4. The number of allylic oxidation sites excluding steroid dienone is 2. The lowest BCUT2D eigenvalue weighted by atomic mass is 9.80. The maximum Gasteiger partial charge on any atom is 0.227 e. The number of Topliss-reactive ketones (excluding diaryl/α,β-unsaturated/α-hetero) is 1. The number of nitrogens with one attached hydrogen (secondary N) is 1. The molecular weight excluding hydrogens is 380 g/mol. The number of hydrogen-bond donors (Lipinski definition) is 1. The highest BCUT2D eigenvalue weighted by Crippen LogP contribution is 2.49. The van der Waals surface area contributed by atoms with Crippen LogP contribution in [0.2, 0.25) is 0 Å². The molecule has 1 N–H and O–H groups in total. The third-order valence-corrected chi connectivity index (χ3v) is 5.66. The SMILES string of the molecule is COc1ccc([C@@H]2[C@H]3C(=O)CCC=C3Nc3nc(SC)nn32)c(OC)c1OC. The fourth-order valence-corrected chi connectivity index (χ4v) is 4.26. The Morgan fingerprint density at radius 2 is 1.96 bits per heavy atom. The van der Waals surface area contributed by atoms with Gasteiger partial charge in [0.15, 0.2) is 11.5 Å². The van der Waals surface area contributed by atoms with Crippen LogP contribution in [0.4, 0.5) is 5.95 Å². The fourth-order valence-electron chi connectivity index (χ4n) is 3.91. The number of rotatable bonds is 5. The Bertz CT molecular complexity index is 956. The minimum Gasteiger partial charge on any atom is -0.493 e. The van der Waals surface area contributed by atoms with Crippen molar-refractivity contribution < 1.29 is 19.0 Å². The van der Waals surface area contributed by atoms with Gasteiger partial charge in [-0.25, -0.2) is 4.68 Å². The molecule has 0 bridgehead atoms. The van der Waals surface area contributed by atoms with Crippen LogP contribution in [-0.4, -0.2) is 48.1 Å². The lowest BCUT2D eigenvalue weighted by Crippen LogP contribution is -2.39. The van der Waals surface area contributed by atoms with Gasteiger partial charge in [-0.1, -0.05) is 17.8 Å². The average molecular weight is 402 g/mol. The molecule has 9 heteroatoms. The van der Waals surface area contributed by atoms with Gasteiger partial charge in [-0.05, 0) is 24.8 Å². The quantitative estimate of drug-likeness (QED) is 0.764. The van der Waals surface area contributed by atoms with Crippen LogP contribution in [0.5, 0.6) is 17.2 Å². The summed E-state index contributed by atoms with van der Waals surface area (Å²) in [5.74, 6) is 1.97. The van der Waals surface area contributed by atoms with Crippen LogP contribution < -0.4 is 19.5 Å². The maximum absolute atomic E-state index is 12.9. The zero-order chi connectivity index (χ0) is 19.8. The minimum atomic E-state index is -0.390. The number of hydrogen-bond acceptors (Lipinski definition) is 8. The van der Waals surface area contributed by atoms with Crippen molar-refractivity contribution in [3.63, 3.8) is 0 Å². The molecular formula is C19H22N4O4S. The van der Waals surface area contributed by atoms with Gasteiger partial charge >= 0.3 is 0 Å². The molecule has 1 aliphatic heterocycles. The molecule has 1 aromatic carbocycles. The predicted molar refractivity (Wildman–Crippen MR) is 105 cm³/mol. The first-order valence-corrected chi connectivity index (χ1v) is 10.1. The molecule has 4 rings (SSSR count). The second kappa shape index (κ2) is 7.38. The van der Waals surface area contributed by atoms with Gasteiger partial charge < -0.3 is 19.5 Å². The molecule has 1 aliphatic carbocycles. The van der Waals surface area contributed by atoms with Crippen LogP contribution in [0.1, 0.15) is 24.4 Å². The highest BCUT2D eigenvalue weighted by atomic mass is 32.2. The van der Waals surface area contributed by atoms with E-state index in [0.717, 1.165) is 17.7 Å². The Labute approximate surface area is 167 Å². The molecule has 2 atom stereocenters. The highest BCUT2D eigenvalue weighted by molar-refractivity contribution is 7.98. The van der Waals surface area contributed by atoms with Crippen LogP contribution in [0.15, 0.2) is 29.1 Å². The Balaban J connectivity index is 1.96. The van der Waals surface area contributed by atoms with E-state index in [9.17, 15) is 4.79 Å². The average Bonchev–Trinajstić information content (AvgIpc) is 3.14. The summed E-state index contributed by atoms with van der Waals surface area (Å²) >= 11 is 1.45. The second-order valence-electron chi connectivity index (χ2n) is 6.50. The van der Waals surface area contributed by atoms with Crippen LogP contribution in [0, 0.1) is 5.92 Å². The summed E-state index contributed by atoms with van der Waals surface area (Å²) in [4.78, 5) is 17.5. The van der Waals surface area contributed by atoms with E-state index in [1.54, 1.807) is 26.0 Å². The number of anilines is 1. The fraction of sp³-hybridized carbons (Fsp3) is 0.421. The van der Waals surface area contributed by atoms with Gasteiger partial charge in [0.1, 0.15) is 5.78 Å². The van der Waals surface area contributed by atoms with Gasteiger partial charge in [0, 0.05) is 17.7 Å².